The first-order valence-corrected chi connectivity index (χ1v) is 34.0. The lowest BCUT2D eigenvalue weighted by Crippen LogP contribution is -2.28. The summed E-state index contributed by atoms with van der Waals surface area (Å²) >= 11 is 0. The number of hydrogen-bond acceptors (Lipinski definition) is 5. The molecule has 1 unspecified atom stereocenters. The molecule has 1 N–H and O–H groups in total. The van der Waals surface area contributed by atoms with E-state index in [1.54, 1.807) is 0 Å². The van der Waals surface area contributed by atoms with Crippen LogP contribution in [-0.2, 0) is 19.1 Å². The van der Waals surface area contributed by atoms with Gasteiger partial charge in [-0.2, -0.15) is 0 Å². The molecule has 0 aliphatic rings. The minimum absolute atomic E-state index is 0.0810. The summed E-state index contributed by atoms with van der Waals surface area (Å²) in [5.41, 5.74) is 0. The number of aliphatic hydroxyl groups is 1. The summed E-state index contributed by atoms with van der Waals surface area (Å²) in [6, 6.07) is 0. The van der Waals surface area contributed by atoms with Crippen LogP contribution in [0.15, 0.2) is 158 Å². The number of carbonyl (C=O) groups excluding carboxylic acids is 2. The van der Waals surface area contributed by atoms with Crippen molar-refractivity contribution >= 4 is 11.9 Å². The Morgan fingerprint density at radius 2 is 0.524 bits per heavy atom. The Morgan fingerprint density at radius 1 is 0.293 bits per heavy atom. The fourth-order valence-electron chi connectivity index (χ4n) is 9.24. The third-order valence-corrected chi connectivity index (χ3v) is 14.3. The van der Waals surface area contributed by atoms with Crippen LogP contribution in [0.4, 0.5) is 0 Å². The van der Waals surface area contributed by atoms with Gasteiger partial charge in [-0.15, -0.1) is 0 Å². The van der Waals surface area contributed by atoms with E-state index in [0.717, 1.165) is 135 Å². The Balaban J connectivity index is 3.59. The molecule has 0 aliphatic carbocycles. The van der Waals surface area contributed by atoms with Crippen LogP contribution >= 0.6 is 0 Å². The average Bonchev–Trinajstić information content (AvgIpc) is 3.49. The molecule has 0 aromatic heterocycles. The molecule has 5 heteroatoms. The van der Waals surface area contributed by atoms with E-state index >= 15 is 0 Å². The van der Waals surface area contributed by atoms with Crippen LogP contribution in [0.3, 0.4) is 0 Å². The molecule has 0 rings (SSSR count). The maximum atomic E-state index is 12.4. The van der Waals surface area contributed by atoms with Crippen molar-refractivity contribution in [2.24, 2.45) is 0 Å². The SMILES string of the molecule is CC/C=C\C/C=C\C/C=C\C/C=C\C/C=C\C/C=C\C/C=C\C/C=C\C/C=C\C/C=C\C/C=C\CCCCCCCC(=O)OC(CO)COC(=O)CCCCCCCCCCCCCCCCCCC/C=C\C/C=C\CCCCCCC. The highest BCUT2D eigenvalue weighted by molar-refractivity contribution is 5.70. The van der Waals surface area contributed by atoms with Crippen molar-refractivity contribution in [3.63, 3.8) is 0 Å². The molecule has 0 saturated heterocycles. The largest absolute Gasteiger partial charge is 0.462 e. The molecular weight excluding hydrogens is 1000 g/mol. The summed E-state index contributed by atoms with van der Waals surface area (Å²) in [5, 5.41) is 9.69. The van der Waals surface area contributed by atoms with Crippen molar-refractivity contribution in [1.82, 2.24) is 0 Å². The van der Waals surface area contributed by atoms with E-state index < -0.39 is 6.10 Å². The molecule has 82 heavy (non-hydrogen) atoms. The van der Waals surface area contributed by atoms with Gasteiger partial charge in [0.05, 0.1) is 6.61 Å². The molecule has 0 fully saturated rings. The molecule has 0 spiro atoms. The fourth-order valence-corrected chi connectivity index (χ4v) is 9.24. The molecule has 0 aromatic carbocycles. The molecule has 5 nitrogen and oxygen atoms in total. The van der Waals surface area contributed by atoms with Crippen molar-refractivity contribution in [3.8, 4) is 0 Å². The molecule has 0 aromatic rings. The van der Waals surface area contributed by atoms with Crippen molar-refractivity contribution in [2.45, 2.75) is 302 Å². The van der Waals surface area contributed by atoms with E-state index in [1.807, 2.05) is 0 Å². The minimum atomic E-state index is -0.794. The molecule has 0 saturated carbocycles. The standard InChI is InChI=1S/C77H126O5/c1-3-5-7-9-11-13-15-17-19-21-23-25-27-29-31-33-34-35-36-37-38-39-40-41-42-44-46-48-50-52-54-56-58-60-62-64-66-68-70-72-77(80)82-75(73-78)74-81-76(79)71-69-67-65-63-61-59-57-55-53-51-49-47-45-43-32-30-28-26-24-22-20-18-16-14-12-10-8-6-4-2/h5,7,11,13,16-19,22-25,29,31,34-35,37-38,40-41,44,46,50,52,56,58,75,78H,3-4,6,8-10,12,14-15,20-21,26-28,30,32-33,36,39,42-43,45,47-49,51,53-55,57,59-74H2,1-2H3/b7-5-,13-11-,18-16-,19-17-,24-22-,25-23-,31-29-,35-34-,38-37-,41-40-,46-44-,52-50-,58-56-. The Hall–Kier alpha value is -4.48. The maximum absolute atomic E-state index is 12.4. The molecule has 0 radical (unpaired) electrons. The van der Waals surface area contributed by atoms with Crippen LogP contribution in [0.1, 0.15) is 296 Å². The monoisotopic (exact) mass is 1130 g/mol. The van der Waals surface area contributed by atoms with E-state index in [2.05, 4.69) is 172 Å². The first kappa shape index (κ1) is 77.5. The number of carbonyl (C=O) groups is 2. The van der Waals surface area contributed by atoms with Crippen LogP contribution in [0.2, 0.25) is 0 Å². The topological polar surface area (TPSA) is 72.8 Å². The van der Waals surface area contributed by atoms with E-state index in [4.69, 9.17) is 9.47 Å². The van der Waals surface area contributed by atoms with Gasteiger partial charge < -0.3 is 14.6 Å². The maximum Gasteiger partial charge on any atom is 0.306 e. The highest BCUT2D eigenvalue weighted by Gasteiger charge is 2.16. The van der Waals surface area contributed by atoms with Crippen LogP contribution in [-0.4, -0.2) is 36.4 Å². The van der Waals surface area contributed by atoms with Crippen molar-refractivity contribution in [2.75, 3.05) is 13.2 Å². The Labute approximate surface area is 507 Å². The smallest absolute Gasteiger partial charge is 0.306 e. The highest BCUT2D eigenvalue weighted by Crippen LogP contribution is 2.16. The normalized spacial score (nSPS) is 13.3. The Bertz CT molecular complexity index is 1760. The van der Waals surface area contributed by atoms with Gasteiger partial charge in [0.1, 0.15) is 6.61 Å². The number of rotatable bonds is 61. The number of allylic oxidation sites excluding steroid dienone is 26. The summed E-state index contributed by atoms with van der Waals surface area (Å²) in [7, 11) is 0. The predicted molar refractivity (Wildman–Crippen MR) is 361 cm³/mol. The summed E-state index contributed by atoms with van der Waals surface area (Å²) < 4.78 is 10.7. The fraction of sp³-hybridized carbons (Fsp3) is 0.636. The molecule has 1 atom stereocenters. The Morgan fingerprint density at radius 3 is 0.793 bits per heavy atom. The van der Waals surface area contributed by atoms with Crippen molar-refractivity contribution < 1.29 is 24.2 Å². The highest BCUT2D eigenvalue weighted by atomic mass is 16.6. The molecule has 0 bridgehead atoms. The second kappa shape index (κ2) is 70.8. The lowest BCUT2D eigenvalue weighted by molar-refractivity contribution is -0.161. The lowest BCUT2D eigenvalue weighted by atomic mass is 10.0. The number of aliphatic hydroxyl groups excluding tert-OH is 1. The second-order valence-corrected chi connectivity index (χ2v) is 22.2. The molecule has 0 amide bonds. The molecule has 0 aliphatic heterocycles. The van der Waals surface area contributed by atoms with E-state index in [0.29, 0.717) is 12.8 Å². The summed E-state index contributed by atoms with van der Waals surface area (Å²) in [4.78, 5) is 24.6. The Kier molecular flexibility index (Phi) is 66.9. The van der Waals surface area contributed by atoms with Crippen LogP contribution in [0, 0.1) is 0 Å². The first-order valence-electron chi connectivity index (χ1n) is 34.0. The zero-order valence-corrected chi connectivity index (χ0v) is 53.2. The van der Waals surface area contributed by atoms with E-state index in [-0.39, 0.29) is 25.2 Å². The van der Waals surface area contributed by atoms with Gasteiger partial charge in [-0.3, -0.25) is 9.59 Å². The van der Waals surface area contributed by atoms with Crippen LogP contribution in [0.5, 0.6) is 0 Å². The minimum Gasteiger partial charge on any atom is -0.462 e. The van der Waals surface area contributed by atoms with Gasteiger partial charge in [0.25, 0.3) is 0 Å². The zero-order chi connectivity index (χ0) is 59.1. The van der Waals surface area contributed by atoms with Gasteiger partial charge in [0.15, 0.2) is 6.10 Å². The summed E-state index contributed by atoms with van der Waals surface area (Å²) in [5.74, 6) is -0.614. The average molecular weight is 1130 g/mol. The molecule has 464 valence electrons. The van der Waals surface area contributed by atoms with Gasteiger partial charge in [-0.05, 0) is 128 Å². The molecule has 0 heterocycles. The number of esters is 2. The quantitative estimate of drug-likeness (QED) is 0.0373. The van der Waals surface area contributed by atoms with Gasteiger partial charge >= 0.3 is 11.9 Å². The first-order chi connectivity index (χ1) is 40.6. The zero-order valence-electron chi connectivity index (χ0n) is 53.2. The lowest BCUT2D eigenvalue weighted by Gasteiger charge is -2.15. The van der Waals surface area contributed by atoms with Crippen LogP contribution in [0.25, 0.3) is 0 Å². The number of hydrogen-bond donors (Lipinski definition) is 1. The van der Waals surface area contributed by atoms with Crippen molar-refractivity contribution in [1.29, 1.82) is 0 Å². The summed E-state index contributed by atoms with van der Waals surface area (Å²) in [6.45, 7) is 4.01. The van der Waals surface area contributed by atoms with Gasteiger partial charge in [0.2, 0.25) is 0 Å². The number of unbranched alkanes of at least 4 members (excludes halogenated alkanes) is 27. The van der Waals surface area contributed by atoms with Gasteiger partial charge in [-0.25, -0.2) is 0 Å². The summed E-state index contributed by atoms with van der Waals surface area (Å²) in [6.07, 6.45) is 108. The third-order valence-electron chi connectivity index (χ3n) is 14.3. The van der Waals surface area contributed by atoms with E-state index in [9.17, 15) is 14.7 Å². The van der Waals surface area contributed by atoms with Crippen molar-refractivity contribution in [3.05, 3.63) is 158 Å². The second-order valence-electron chi connectivity index (χ2n) is 22.2. The third kappa shape index (κ3) is 68.0. The van der Waals surface area contributed by atoms with Gasteiger partial charge in [-0.1, -0.05) is 313 Å². The van der Waals surface area contributed by atoms with E-state index in [1.165, 1.54) is 135 Å². The van der Waals surface area contributed by atoms with Crippen LogP contribution < -0.4 is 0 Å². The van der Waals surface area contributed by atoms with Gasteiger partial charge in [0, 0.05) is 12.8 Å². The number of ether oxygens (including phenoxy) is 2. The molecular formula is C77H126O5. The predicted octanol–water partition coefficient (Wildman–Crippen LogP) is 23.9.